The molecule has 0 saturated carbocycles. The molecule has 0 aliphatic heterocycles. The topological polar surface area (TPSA) is 89.4 Å². The molecule has 0 bridgehead atoms. The number of anilines is 1. The van der Waals surface area contributed by atoms with Crippen LogP contribution in [0, 0.1) is 19.7 Å². The summed E-state index contributed by atoms with van der Waals surface area (Å²) < 4.78 is 44.4. The van der Waals surface area contributed by atoms with Crippen LogP contribution in [0.3, 0.4) is 0 Å². The molecule has 0 radical (unpaired) electrons. The summed E-state index contributed by atoms with van der Waals surface area (Å²) in [5.74, 6) is -0.564. The number of aromatic nitrogens is 1. The Morgan fingerprint density at radius 3 is 2.62 bits per heavy atom. The first-order chi connectivity index (χ1) is 9.73. The highest BCUT2D eigenvalue weighted by Gasteiger charge is 2.29. The SMILES string of the molecule is Cc1ccc(F)c(CN(C)S(=O)(=O)c2c(N)noc2C)c1. The first-order valence-corrected chi connectivity index (χ1v) is 7.60. The highest BCUT2D eigenvalue weighted by atomic mass is 32.2. The maximum atomic E-state index is 13.7. The van der Waals surface area contributed by atoms with Gasteiger partial charge in [0.05, 0.1) is 0 Å². The third-order valence-electron chi connectivity index (χ3n) is 3.10. The molecule has 0 fully saturated rings. The summed E-state index contributed by atoms with van der Waals surface area (Å²) >= 11 is 0. The number of sulfonamides is 1. The van der Waals surface area contributed by atoms with Gasteiger partial charge in [0.2, 0.25) is 10.0 Å². The standard InChI is InChI=1S/C13H16FN3O3S/c1-8-4-5-11(14)10(6-8)7-17(3)21(18,19)12-9(2)20-16-13(12)15/h4-6H,7H2,1-3H3,(H2,15,16). The quantitative estimate of drug-likeness (QED) is 0.930. The normalized spacial score (nSPS) is 12.0. The Hall–Kier alpha value is -1.93. The van der Waals surface area contributed by atoms with Crippen LogP contribution in [0.15, 0.2) is 27.6 Å². The molecule has 0 aliphatic rings. The largest absolute Gasteiger partial charge is 0.380 e. The minimum atomic E-state index is -3.90. The van der Waals surface area contributed by atoms with E-state index in [9.17, 15) is 12.8 Å². The van der Waals surface area contributed by atoms with Gasteiger partial charge < -0.3 is 10.3 Å². The number of hydrogen-bond acceptors (Lipinski definition) is 5. The van der Waals surface area contributed by atoms with E-state index in [4.69, 9.17) is 10.3 Å². The van der Waals surface area contributed by atoms with Crippen LogP contribution in [0.25, 0.3) is 0 Å². The molecule has 0 spiro atoms. The molecular weight excluding hydrogens is 297 g/mol. The summed E-state index contributed by atoms with van der Waals surface area (Å²) in [5.41, 5.74) is 6.66. The summed E-state index contributed by atoms with van der Waals surface area (Å²) in [6, 6.07) is 4.53. The second-order valence-corrected chi connectivity index (χ2v) is 6.79. The van der Waals surface area contributed by atoms with Crippen molar-refractivity contribution in [2.24, 2.45) is 0 Å². The van der Waals surface area contributed by atoms with Crippen molar-refractivity contribution in [3.05, 3.63) is 40.9 Å². The van der Waals surface area contributed by atoms with E-state index < -0.39 is 15.8 Å². The monoisotopic (exact) mass is 313 g/mol. The lowest BCUT2D eigenvalue weighted by Gasteiger charge is -2.17. The van der Waals surface area contributed by atoms with Crippen LogP contribution < -0.4 is 5.73 Å². The molecule has 0 atom stereocenters. The lowest BCUT2D eigenvalue weighted by Crippen LogP contribution is -2.27. The minimum Gasteiger partial charge on any atom is -0.380 e. The van der Waals surface area contributed by atoms with E-state index in [1.54, 1.807) is 19.1 Å². The molecule has 2 N–H and O–H groups in total. The van der Waals surface area contributed by atoms with Crippen molar-refractivity contribution in [2.45, 2.75) is 25.3 Å². The van der Waals surface area contributed by atoms with Crippen LogP contribution in [0.2, 0.25) is 0 Å². The van der Waals surface area contributed by atoms with Gasteiger partial charge in [-0.3, -0.25) is 0 Å². The number of rotatable bonds is 4. The van der Waals surface area contributed by atoms with E-state index in [0.29, 0.717) is 0 Å². The van der Waals surface area contributed by atoms with Crippen molar-refractivity contribution in [3.63, 3.8) is 0 Å². The first kappa shape index (κ1) is 15.5. The highest BCUT2D eigenvalue weighted by molar-refractivity contribution is 7.89. The molecule has 0 unspecified atom stereocenters. The number of nitrogen functional groups attached to an aromatic ring is 1. The smallest absolute Gasteiger partial charge is 0.250 e. The van der Waals surface area contributed by atoms with Crippen LogP contribution in [-0.4, -0.2) is 24.9 Å². The molecule has 0 saturated heterocycles. The zero-order valence-electron chi connectivity index (χ0n) is 11.9. The number of benzene rings is 1. The molecule has 1 aromatic heterocycles. The Labute approximate surface area is 122 Å². The molecule has 0 amide bonds. The zero-order valence-corrected chi connectivity index (χ0v) is 12.7. The Bertz CT molecular complexity index is 751. The van der Waals surface area contributed by atoms with Crippen LogP contribution in [0.1, 0.15) is 16.9 Å². The second kappa shape index (κ2) is 5.45. The summed E-state index contributed by atoms with van der Waals surface area (Å²) in [7, 11) is -2.55. The molecule has 6 nitrogen and oxygen atoms in total. The van der Waals surface area contributed by atoms with E-state index in [1.165, 1.54) is 20.0 Å². The average molecular weight is 313 g/mol. The zero-order chi connectivity index (χ0) is 15.8. The Morgan fingerprint density at radius 2 is 2.05 bits per heavy atom. The van der Waals surface area contributed by atoms with Gasteiger partial charge >= 0.3 is 0 Å². The Kier molecular flexibility index (Phi) is 4.02. The lowest BCUT2D eigenvalue weighted by molar-refractivity contribution is 0.395. The van der Waals surface area contributed by atoms with Crippen molar-refractivity contribution >= 4 is 15.8 Å². The molecule has 8 heteroatoms. The predicted octanol–water partition coefficient (Wildman–Crippen LogP) is 1.83. The summed E-state index contributed by atoms with van der Waals surface area (Å²) in [6.07, 6.45) is 0. The molecule has 0 aliphatic carbocycles. The van der Waals surface area contributed by atoms with E-state index in [0.717, 1.165) is 9.87 Å². The van der Waals surface area contributed by atoms with E-state index >= 15 is 0 Å². The van der Waals surface area contributed by atoms with Crippen LogP contribution >= 0.6 is 0 Å². The van der Waals surface area contributed by atoms with Crippen LogP contribution in [-0.2, 0) is 16.6 Å². The van der Waals surface area contributed by atoms with Crippen molar-refractivity contribution < 1.29 is 17.3 Å². The lowest BCUT2D eigenvalue weighted by atomic mass is 10.1. The van der Waals surface area contributed by atoms with Gasteiger partial charge in [0.15, 0.2) is 16.5 Å². The second-order valence-electron chi connectivity index (χ2n) is 4.81. The van der Waals surface area contributed by atoms with Gasteiger partial charge in [-0.25, -0.2) is 12.8 Å². The van der Waals surface area contributed by atoms with Gasteiger partial charge in [0, 0.05) is 19.2 Å². The number of nitrogens with zero attached hydrogens (tertiary/aromatic N) is 2. The maximum Gasteiger partial charge on any atom is 0.250 e. The third kappa shape index (κ3) is 2.91. The minimum absolute atomic E-state index is 0.101. The summed E-state index contributed by atoms with van der Waals surface area (Å²) in [5, 5.41) is 3.43. The molecule has 114 valence electrons. The average Bonchev–Trinajstić information content (AvgIpc) is 2.73. The fraction of sp³-hybridized carbons (Fsp3) is 0.308. The summed E-state index contributed by atoms with van der Waals surface area (Å²) in [4.78, 5) is -0.182. The van der Waals surface area contributed by atoms with Gasteiger partial charge in [-0.1, -0.05) is 22.9 Å². The van der Waals surface area contributed by atoms with Crippen molar-refractivity contribution in [1.29, 1.82) is 0 Å². The highest BCUT2D eigenvalue weighted by Crippen LogP contribution is 2.26. The maximum absolute atomic E-state index is 13.7. The molecular formula is C13H16FN3O3S. The van der Waals surface area contributed by atoms with Gasteiger partial charge in [0.1, 0.15) is 5.82 Å². The molecule has 21 heavy (non-hydrogen) atoms. The van der Waals surface area contributed by atoms with Crippen LogP contribution in [0.5, 0.6) is 0 Å². The van der Waals surface area contributed by atoms with Gasteiger partial charge in [-0.15, -0.1) is 0 Å². The van der Waals surface area contributed by atoms with Gasteiger partial charge in [0.25, 0.3) is 0 Å². The number of halogens is 1. The first-order valence-electron chi connectivity index (χ1n) is 6.16. The number of nitrogens with two attached hydrogens (primary N) is 1. The Morgan fingerprint density at radius 1 is 1.38 bits per heavy atom. The summed E-state index contributed by atoms with van der Waals surface area (Å²) in [6.45, 7) is 3.15. The van der Waals surface area contributed by atoms with E-state index in [1.807, 2.05) is 0 Å². The third-order valence-corrected chi connectivity index (χ3v) is 5.06. The van der Waals surface area contributed by atoms with Gasteiger partial charge in [-0.05, 0) is 19.9 Å². The molecule has 2 rings (SSSR count). The van der Waals surface area contributed by atoms with Crippen molar-refractivity contribution in [3.8, 4) is 0 Å². The fourth-order valence-corrected chi connectivity index (χ4v) is 3.32. The number of hydrogen-bond donors (Lipinski definition) is 1. The van der Waals surface area contributed by atoms with E-state index in [-0.39, 0.29) is 28.6 Å². The molecule has 1 heterocycles. The predicted molar refractivity (Wildman–Crippen MR) is 75.4 cm³/mol. The molecule has 1 aromatic carbocycles. The molecule has 2 aromatic rings. The number of aryl methyl sites for hydroxylation is 2. The van der Waals surface area contributed by atoms with Crippen molar-refractivity contribution in [1.82, 2.24) is 9.46 Å². The fourth-order valence-electron chi connectivity index (χ4n) is 2.00. The van der Waals surface area contributed by atoms with Gasteiger partial charge in [-0.2, -0.15) is 4.31 Å². The van der Waals surface area contributed by atoms with E-state index in [2.05, 4.69) is 5.16 Å². The van der Waals surface area contributed by atoms with Crippen LogP contribution in [0.4, 0.5) is 10.2 Å². The Balaban J connectivity index is 2.36. The van der Waals surface area contributed by atoms with Crippen molar-refractivity contribution in [2.75, 3.05) is 12.8 Å².